The van der Waals surface area contributed by atoms with Crippen molar-refractivity contribution in [2.24, 2.45) is 0 Å². The predicted octanol–water partition coefficient (Wildman–Crippen LogP) is 2.45. The van der Waals surface area contributed by atoms with Gasteiger partial charge in [0.05, 0.1) is 27.4 Å². The number of amides is 3. The topological polar surface area (TPSA) is 85.4 Å². The number of piperazine rings is 1. The average Bonchev–Trinajstić information content (AvgIpc) is 2.80. The van der Waals surface area contributed by atoms with Gasteiger partial charge >= 0.3 is 0 Å². The van der Waals surface area contributed by atoms with E-state index in [1.54, 1.807) is 26.2 Å². The lowest BCUT2D eigenvalue weighted by Gasteiger charge is -2.48. The van der Waals surface area contributed by atoms with Crippen LogP contribution in [0.15, 0.2) is 30.3 Å². The van der Waals surface area contributed by atoms with Crippen LogP contribution in [0.5, 0.6) is 17.2 Å². The average molecular weight is 453 g/mol. The first-order chi connectivity index (χ1) is 15.8. The monoisotopic (exact) mass is 452 g/mol. The summed E-state index contributed by atoms with van der Waals surface area (Å²) in [6.45, 7) is 2.90. The van der Waals surface area contributed by atoms with E-state index in [9.17, 15) is 14.4 Å². The van der Waals surface area contributed by atoms with Gasteiger partial charge in [-0.05, 0) is 18.9 Å². The highest BCUT2D eigenvalue weighted by atomic mass is 16.5. The highest BCUT2D eigenvalue weighted by molar-refractivity contribution is 6.05. The van der Waals surface area contributed by atoms with Gasteiger partial charge in [-0.1, -0.05) is 30.3 Å². The first kappa shape index (κ1) is 22.6. The second kappa shape index (κ2) is 8.77. The molecular weight excluding hydrogens is 424 g/mol. The zero-order valence-corrected chi connectivity index (χ0v) is 19.5. The number of carbonyl (C=O) groups is 3. The molecule has 8 nitrogen and oxygen atoms in total. The first-order valence-corrected chi connectivity index (χ1v) is 10.8. The molecule has 3 amide bonds. The molecule has 0 spiro atoms. The Hall–Kier alpha value is -3.55. The SMILES string of the molecule is COc1c(C)c(OC)c(OC)c2c1C[C@@H]1C(=O)N(C(C)=O)CC(=O)N1[C@H]2Cc1ccccc1. The molecule has 0 bridgehead atoms. The summed E-state index contributed by atoms with van der Waals surface area (Å²) in [5, 5.41) is 0. The molecule has 1 fully saturated rings. The second-order valence-corrected chi connectivity index (χ2v) is 8.29. The van der Waals surface area contributed by atoms with Gasteiger partial charge in [-0.2, -0.15) is 0 Å². The van der Waals surface area contributed by atoms with Crippen molar-refractivity contribution in [1.82, 2.24) is 9.80 Å². The van der Waals surface area contributed by atoms with Crippen molar-refractivity contribution in [3.05, 3.63) is 52.6 Å². The number of benzene rings is 2. The van der Waals surface area contributed by atoms with Gasteiger partial charge in [0.1, 0.15) is 18.3 Å². The molecule has 2 aliphatic rings. The summed E-state index contributed by atoms with van der Waals surface area (Å²) in [7, 11) is 4.70. The number of rotatable bonds is 5. The van der Waals surface area contributed by atoms with Crippen LogP contribution in [0.1, 0.15) is 35.2 Å². The van der Waals surface area contributed by atoms with E-state index in [1.165, 1.54) is 6.92 Å². The fourth-order valence-electron chi connectivity index (χ4n) is 5.14. The van der Waals surface area contributed by atoms with Crippen LogP contribution < -0.4 is 14.2 Å². The van der Waals surface area contributed by atoms with E-state index in [0.717, 1.165) is 27.2 Å². The third kappa shape index (κ3) is 3.59. The molecule has 2 atom stereocenters. The molecule has 4 rings (SSSR count). The van der Waals surface area contributed by atoms with E-state index >= 15 is 0 Å². The van der Waals surface area contributed by atoms with E-state index in [2.05, 4.69) is 0 Å². The minimum absolute atomic E-state index is 0.222. The minimum atomic E-state index is -0.803. The Bertz CT molecular complexity index is 1110. The summed E-state index contributed by atoms with van der Waals surface area (Å²) < 4.78 is 17.3. The summed E-state index contributed by atoms with van der Waals surface area (Å²) in [5.41, 5.74) is 3.32. The maximum absolute atomic E-state index is 13.4. The standard InChI is InChI=1S/C25H28N2O6/c1-14-22(31-3)17-12-19-25(30)26(15(2)28)13-20(29)27(19)18(11-16-9-7-6-8-10-16)21(17)24(33-5)23(14)32-4/h6-10,18-19H,11-13H2,1-5H3/t18-,19+/m0/s1. The highest BCUT2D eigenvalue weighted by Crippen LogP contribution is 2.51. The second-order valence-electron chi connectivity index (χ2n) is 8.29. The summed E-state index contributed by atoms with van der Waals surface area (Å²) in [6, 6.07) is 8.47. The lowest BCUT2D eigenvalue weighted by atomic mass is 9.81. The van der Waals surface area contributed by atoms with E-state index in [-0.39, 0.29) is 24.8 Å². The van der Waals surface area contributed by atoms with Gasteiger partial charge in [0.2, 0.25) is 11.8 Å². The Kier molecular flexibility index (Phi) is 6.01. The van der Waals surface area contributed by atoms with E-state index in [0.29, 0.717) is 23.7 Å². The van der Waals surface area contributed by atoms with Crippen LogP contribution in [-0.2, 0) is 27.2 Å². The Balaban J connectivity index is 1.98. The van der Waals surface area contributed by atoms with E-state index in [4.69, 9.17) is 14.2 Å². The van der Waals surface area contributed by atoms with Crippen LogP contribution >= 0.6 is 0 Å². The van der Waals surface area contributed by atoms with Crippen LogP contribution in [0.25, 0.3) is 0 Å². The Labute approximate surface area is 193 Å². The van der Waals surface area contributed by atoms with Crippen molar-refractivity contribution in [3.63, 3.8) is 0 Å². The molecule has 2 aromatic rings. The number of ether oxygens (including phenoxy) is 3. The van der Waals surface area contributed by atoms with Gasteiger partial charge in [-0.15, -0.1) is 0 Å². The number of hydrogen-bond acceptors (Lipinski definition) is 6. The number of fused-ring (bicyclic) bond motifs is 2. The third-order valence-corrected chi connectivity index (χ3v) is 6.53. The van der Waals surface area contributed by atoms with Crippen molar-refractivity contribution < 1.29 is 28.6 Å². The molecule has 0 N–H and O–H groups in total. The fraction of sp³-hybridized carbons (Fsp3) is 0.400. The summed E-state index contributed by atoms with van der Waals surface area (Å²) in [4.78, 5) is 41.4. The zero-order chi connectivity index (χ0) is 23.9. The fourth-order valence-corrected chi connectivity index (χ4v) is 5.14. The zero-order valence-electron chi connectivity index (χ0n) is 19.5. The molecule has 0 aliphatic carbocycles. The number of nitrogens with zero attached hydrogens (tertiary/aromatic N) is 2. The minimum Gasteiger partial charge on any atom is -0.496 e. The van der Waals surface area contributed by atoms with Crippen LogP contribution in [-0.4, -0.2) is 61.4 Å². The van der Waals surface area contributed by atoms with E-state index in [1.807, 2.05) is 37.3 Å². The smallest absolute Gasteiger partial charge is 0.252 e. The molecule has 1 saturated heterocycles. The van der Waals surface area contributed by atoms with Crippen molar-refractivity contribution in [3.8, 4) is 17.2 Å². The molecule has 2 heterocycles. The lowest BCUT2D eigenvalue weighted by molar-refractivity contribution is -0.164. The summed E-state index contributed by atoms with van der Waals surface area (Å²) >= 11 is 0. The summed E-state index contributed by atoms with van der Waals surface area (Å²) in [6.07, 6.45) is 0.689. The van der Waals surface area contributed by atoms with Crippen molar-refractivity contribution in [2.45, 2.75) is 38.8 Å². The van der Waals surface area contributed by atoms with Gasteiger partial charge in [0, 0.05) is 30.0 Å². The normalized spacial score (nSPS) is 19.7. The first-order valence-electron chi connectivity index (χ1n) is 10.8. The third-order valence-electron chi connectivity index (χ3n) is 6.53. The largest absolute Gasteiger partial charge is 0.496 e. The van der Waals surface area contributed by atoms with Gasteiger partial charge < -0.3 is 19.1 Å². The van der Waals surface area contributed by atoms with Crippen LogP contribution in [0.3, 0.4) is 0 Å². The van der Waals surface area contributed by atoms with Gasteiger partial charge in [-0.3, -0.25) is 19.3 Å². The maximum atomic E-state index is 13.4. The summed E-state index contributed by atoms with van der Waals surface area (Å²) in [5.74, 6) is 0.571. The highest BCUT2D eigenvalue weighted by Gasteiger charge is 2.50. The molecular formula is C25H28N2O6. The molecule has 0 radical (unpaired) electrons. The molecule has 0 unspecified atom stereocenters. The Morgan fingerprint density at radius 2 is 1.64 bits per heavy atom. The molecule has 33 heavy (non-hydrogen) atoms. The number of imide groups is 1. The molecule has 2 aromatic carbocycles. The number of methoxy groups -OCH3 is 3. The number of carbonyl (C=O) groups excluding carboxylic acids is 3. The number of hydrogen-bond donors (Lipinski definition) is 0. The lowest BCUT2D eigenvalue weighted by Crippen LogP contribution is -2.64. The van der Waals surface area contributed by atoms with Gasteiger partial charge in [-0.25, -0.2) is 0 Å². The van der Waals surface area contributed by atoms with Crippen LogP contribution in [0.2, 0.25) is 0 Å². The van der Waals surface area contributed by atoms with Gasteiger partial charge in [0.15, 0.2) is 11.5 Å². The molecule has 0 saturated carbocycles. The van der Waals surface area contributed by atoms with Gasteiger partial charge in [0.25, 0.3) is 5.91 Å². The molecule has 0 aromatic heterocycles. The Morgan fingerprint density at radius 3 is 2.21 bits per heavy atom. The quantitative estimate of drug-likeness (QED) is 0.693. The molecule has 174 valence electrons. The predicted molar refractivity (Wildman–Crippen MR) is 120 cm³/mol. The van der Waals surface area contributed by atoms with Crippen LogP contribution in [0.4, 0.5) is 0 Å². The molecule has 2 aliphatic heterocycles. The van der Waals surface area contributed by atoms with Crippen molar-refractivity contribution >= 4 is 17.7 Å². The van der Waals surface area contributed by atoms with Crippen molar-refractivity contribution in [2.75, 3.05) is 27.9 Å². The Morgan fingerprint density at radius 1 is 1.00 bits per heavy atom. The molecule has 8 heteroatoms. The van der Waals surface area contributed by atoms with E-state index < -0.39 is 18.0 Å². The van der Waals surface area contributed by atoms with Crippen LogP contribution in [0, 0.1) is 6.92 Å². The maximum Gasteiger partial charge on any atom is 0.252 e. The van der Waals surface area contributed by atoms with Crippen molar-refractivity contribution in [1.29, 1.82) is 0 Å².